The lowest BCUT2D eigenvalue weighted by atomic mass is 10.2. The number of ether oxygens (including phenoxy) is 1. The van der Waals surface area contributed by atoms with Crippen molar-refractivity contribution in [3.63, 3.8) is 0 Å². The van der Waals surface area contributed by atoms with Crippen LogP contribution in [0.1, 0.15) is 16.1 Å². The van der Waals surface area contributed by atoms with Gasteiger partial charge in [0, 0.05) is 23.7 Å². The van der Waals surface area contributed by atoms with Gasteiger partial charge in [-0.3, -0.25) is 9.78 Å². The molecule has 144 valence electrons. The Labute approximate surface area is 168 Å². The van der Waals surface area contributed by atoms with Crippen LogP contribution in [0.5, 0.6) is 5.75 Å². The van der Waals surface area contributed by atoms with E-state index in [9.17, 15) is 4.79 Å². The molecule has 1 amide bonds. The van der Waals surface area contributed by atoms with Crippen LogP contribution in [0.4, 0.5) is 11.4 Å². The highest BCUT2D eigenvalue weighted by molar-refractivity contribution is 5.93. The van der Waals surface area contributed by atoms with Crippen molar-refractivity contribution in [1.29, 1.82) is 0 Å². The first-order valence-corrected chi connectivity index (χ1v) is 9.21. The van der Waals surface area contributed by atoms with Gasteiger partial charge in [0.1, 0.15) is 11.4 Å². The molecule has 4 aromatic rings. The highest BCUT2D eigenvalue weighted by atomic mass is 16.5. The van der Waals surface area contributed by atoms with Gasteiger partial charge in [-0.05, 0) is 30.3 Å². The Hall–Kier alpha value is -3.93. The third-order valence-electron chi connectivity index (χ3n) is 4.54. The van der Waals surface area contributed by atoms with E-state index in [2.05, 4.69) is 20.6 Å². The highest BCUT2D eigenvalue weighted by Gasteiger charge is 2.09. The zero-order valence-corrected chi connectivity index (χ0v) is 15.9. The molecule has 4 rings (SSSR count). The summed E-state index contributed by atoms with van der Waals surface area (Å²) >= 11 is 0. The molecule has 6 heteroatoms. The summed E-state index contributed by atoms with van der Waals surface area (Å²) in [5, 5.41) is 7.24. The molecule has 0 unspecified atom stereocenters. The molecule has 0 spiro atoms. The van der Waals surface area contributed by atoms with Crippen LogP contribution in [0.25, 0.3) is 10.9 Å². The Morgan fingerprint density at radius 1 is 0.966 bits per heavy atom. The predicted octanol–water partition coefficient (Wildman–Crippen LogP) is 4.31. The second kappa shape index (κ2) is 8.39. The molecule has 0 saturated carbocycles. The van der Waals surface area contributed by atoms with E-state index in [1.165, 1.54) is 0 Å². The van der Waals surface area contributed by atoms with Crippen molar-refractivity contribution in [2.24, 2.45) is 0 Å². The number of nitrogens with zero attached hydrogens (tertiary/aromatic N) is 2. The maximum Gasteiger partial charge on any atom is 0.270 e. The number of nitrogens with one attached hydrogen (secondary N) is 2. The summed E-state index contributed by atoms with van der Waals surface area (Å²) in [7, 11) is 1.61. The average Bonchev–Trinajstić information content (AvgIpc) is 2.78. The van der Waals surface area contributed by atoms with Crippen molar-refractivity contribution >= 4 is 28.2 Å². The van der Waals surface area contributed by atoms with Gasteiger partial charge in [-0.15, -0.1) is 0 Å². The van der Waals surface area contributed by atoms with Crippen LogP contribution in [0.15, 0.2) is 79.1 Å². The number of benzene rings is 2. The molecule has 0 aliphatic carbocycles. The number of carbonyl (C=O) groups excluding carboxylic acids is 1. The van der Waals surface area contributed by atoms with Crippen LogP contribution in [0, 0.1) is 0 Å². The molecule has 0 aliphatic heterocycles. The topological polar surface area (TPSA) is 76.1 Å². The summed E-state index contributed by atoms with van der Waals surface area (Å²) in [6.45, 7) is 0.367. The first kappa shape index (κ1) is 18.4. The molecule has 2 N–H and O–H groups in total. The van der Waals surface area contributed by atoms with Gasteiger partial charge in [0.05, 0.1) is 30.2 Å². The predicted molar refractivity (Wildman–Crippen MR) is 113 cm³/mol. The van der Waals surface area contributed by atoms with E-state index in [1.54, 1.807) is 25.6 Å². The van der Waals surface area contributed by atoms with E-state index in [-0.39, 0.29) is 5.91 Å². The molecular weight excluding hydrogens is 364 g/mol. The second-order valence-corrected chi connectivity index (χ2v) is 6.43. The quantitative estimate of drug-likeness (QED) is 0.518. The Balaban J connectivity index is 1.44. The maximum absolute atomic E-state index is 12.4. The van der Waals surface area contributed by atoms with Crippen LogP contribution in [0.3, 0.4) is 0 Å². The zero-order valence-electron chi connectivity index (χ0n) is 15.9. The fourth-order valence-corrected chi connectivity index (χ4v) is 3.08. The highest BCUT2D eigenvalue weighted by Crippen LogP contribution is 2.24. The number of carbonyl (C=O) groups is 1. The number of amides is 1. The molecule has 0 aliphatic rings. The van der Waals surface area contributed by atoms with E-state index in [4.69, 9.17) is 4.74 Å². The normalized spacial score (nSPS) is 10.5. The summed E-state index contributed by atoms with van der Waals surface area (Å²) in [6.07, 6.45) is 3.40. The lowest BCUT2D eigenvalue weighted by Crippen LogP contribution is -2.24. The van der Waals surface area contributed by atoms with Crippen molar-refractivity contribution in [2.75, 3.05) is 12.4 Å². The Morgan fingerprint density at radius 3 is 2.66 bits per heavy atom. The van der Waals surface area contributed by atoms with Crippen LogP contribution in [-0.4, -0.2) is 23.0 Å². The number of methoxy groups -OCH3 is 1. The standard InChI is InChI=1S/C23H20N4O2/c1-29-21-10-3-2-6-17(21)14-26-23(28)20-12-11-18(15-25-20)27-19-9-4-7-16-8-5-13-24-22(16)19/h2-13,15,27H,14H2,1H3,(H,26,28). The molecule has 0 radical (unpaired) electrons. The van der Waals surface area contributed by atoms with Crippen LogP contribution in [-0.2, 0) is 6.54 Å². The van der Waals surface area contributed by atoms with Crippen LogP contribution < -0.4 is 15.4 Å². The van der Waals surface area contributed by atoms with Crippen LogP contribution in [0.2, 0.25) is 0 Å². The smallest absolute Gasteiger partial charge is 0.270 e. The van der Waals surface area contributed by atoms with Gasteiger partial charge in [0.25, 0.3) is 5.91 Å². The van der Waals surface area contributed by atoms with Gasteiger partial charge in [0.2, 0.25) is 0 Å². The number of hydrogen-bond donors (Lipinski definition) is 2. The number of fused-ring (bicyclic) bond motifs is 1. The van der Waals surface area contributed by atoms with Crippen molar-refractivity contribution in [3.05, 3.63) is 90.4 Å². The fraction of sp³-hybridized carbons (Fsp3) is 0.0870. The number of anilines is 2. The summed E-state index contributed by atoms with van der Waals surface area (Å²) in [6, 6.07) is 21.0. The van der Waals surface area contributed by atoms with Crippen molar-refractivity contribution < 1.29 is 9.53 Å². The molecule has 2 aromatic carbocycles. The van der Waals surface area contributed by atoms with Gasteiger partial charge >= 0.3 is 0 Å². The average molecular weight is 384 g/mol. The van der Waals surface area contributed by atoms with Crippen molar-refractivity contribution in [1.82, 2.24) is 15.3 Å². The molecule has 2 aromatic heterocycles. The van der Waals surface area contributed by atoms with Crippen molar-refractivity contribution in [2.45, 2.75) is 6.54 Å². The van der Waals surface area contributed by atoms with E-state index in [0.29, 0.717) is 12.2 Å². The fourth-order valence-electron chi connectivity index (χ4n) is 3.08. The van der Waals surface area contributed by atoms with Gasteiger partial charge in [-0.25, -0.2) is 4.98 Å². The first-order chi connectivity index (χ1) is 14.2. The molecule has 0 atom stereocenters. The zero-order chi connectivity index (χ0) is 20.1. The van der Waals surface area contributed by atoms with Gasteiger partial charge in [-0.1, -0.05) is 36.4 Å². The number of rotatable bonds is 6. The maximum atomic E-state index is 12.4. The number of pyridine rings is 2. The number of aromatic nitrogens is 2. The summed E-state index contributed by atoms with van der Waals surface area (Å²) < 4.78 is 5.31. The minimum atomic E-state index is -0.241. The van der Waals surface area contributed by atoms with Gasteiger partial charge in [0.15, 0.2) is 0 Å². The summed E-state index contributed by atoms with van der Waals surface area (Å²) in [5.41, 5.74) is 3.81. The minimum absolute atomic E-state index is 0.241. The minimum Gasteiger partial charge on any atom is -0.496 e. The Morgan fingerprint density at radius 2 is 1.83 bits per heavy atom. The number of hydrogen-bond acceptors (Lipinski definition) is 5. The molecule has 0 saturated heterocycles. The summed E-state index contributed by atoms with van der Waals surface area (Å²) in [4.78, 5) is 21.1. The molecule has 6 nitrogen and oxygen atoms in total. The molecule has 29 heavy (non-hydrogen) atoms. The van der Waals surface area contributed by atoms with Gasteiger partial charge < -0.3 is 15.4 Å². The lowest BCUT2D eigenvalue weighted by molar-refractivity contribution is 0.0945. The van der Waals surface area contributed by atoms with Crippen molar-refractivity contribution in [3.8, 4) is 5.75 Å². The molecule has 2 heterocycles. The third-order valence-corrected chi connectivity index (χ3v) is 4.54. The van der Waals surface area contributed by atoms with E-state index >= 15 is 0 Å². The Kier molecular flexibility index (Phi) is 5.33. The van der Waals surface area contributed by atoms with E-state index < -0.39 is 0 Å². The molecule has 0 fully saturated rings. The largest absolute Gasteiger partial charge is 0.496 e. The first-order valence-electron chi connectivity index (χ1n) is 9.21. The lowest BCUT2D eigenvalue weighted by Gasteiger charge is -2.10. The van der Waals surface area contributed by atoms with E-state index in [0.717, 1.165) is 33.6 Å². The SMILES string of the molecule is COc1ccccc1CNC(=O)c1ccc(Nc2cccc3cccnc23)cn1. The monoisotopic (exact) mass is 384 g/mol. The second-order valence-electron chi connectivity index (χ2n) is 6.43. The summed E-state index contributed by atoms with van der Waals surface area (Å²) in [5.74, 6) is 0.498. The van der Waals surface area contributed by atoms with Gasteiger partial charge in [-0.2, -0.15) is 0 Å². The third kappa shape index (κ3) is 4.16. The Bertz CT molecular complexity index is 1140. The molecular formula is C23H20N4O2. The van der Waals surface area contributed by atoms with E-state index in [1.807, 2.05) is 60.7 Å². The van der Waals surface area contributed by atoms with Crippen LogP contribution >= 0.6 is 0 Å². The molecule has 0 bridgehead atoms. The number of para-hydroxylation sites is 2.